The van der Waals surface area contributed by atoms with E-state index in [2.05, 4.69) is 99.2 Å². The molecule has 0 saturated heterocycles. The van der Waals surface area contributed by atoms with E-state index in [1.54, 1.807) is 0 Å². The van der Waals surface area contributed by atoms with Gasteiger partial charge in [-0.2, -0.15) is 0 Å². The van der Waals surface area contributed by atoms with Gasteiger partial charge in [0.1, 0.15) is 0 Å². The fraction of sp³-hybridized carbons (Fsp3) is 0.500. The molecule has 2 heteroatoms. The Hall–Kier alpha value is -2.16. The van der Waals surface area contributed by atoms with Crippen LogP contribution >= 0.6 is 23.5 Å². The summed E-state index contributed by atoms with van der Waals surface area (Å²) >= 11 is 3.70. The zero-order valence-corrected chi connectivity index (χ0v) is 31.1. The molecule has 0 aromatic heterocycles. The smallest absolute Gasteiger partial charge is 0.0148 e. The van der Waals surface area contributed by atoms with Gasteiger partial charge in [-0.15, -0.1) is 23.5 Å². The molecule has 4 aromatic carbocycles. The van der Waals surface area contributed by atoms with Crippen LogP contribution in [-0.2, 0) is 12.8 Å². The van der Waals surface area contributed by atoms with Crippen molar-refractivity contribution in [2.75, 3.05) is 12.5 Å². The molecule has 0 bridgehead atoms. The minimum atomic E-state index is 1.19. The number of hydrogen-bond donors (Lipinski definition) is 0. The average molecular weight is 653 g/mol. The van der Waals surface area contributed by atoms with Gasteiger partial charge in [0.15, 0.2) is 0 Å². The van der Waals surface area contributed by atoms with Crippen LogP contribution in [0.5, 0.6) is 0 Å². The van der Waals surface area contributed by atoms with Crippen molar-refractivity contribution in [1.82, 2.24) is 0 Å². The first-order chi connectivity index (χ1) is 22.6. The van der Waals surface area contributed by atoms with Crippen molar-refractivity contribution in [1.29, 1.82) is 0 Å². The fourth-order valence-electron chi connectivity index (χ4n) is 6.72. The van der Waals surface area contributed by atoms with Gasteiger partial charge in [0, 0.05) is 9.79 Å². The number of aryl methyl sites for hydroxylation is 2. The van der Waals surface area contributed by atoms with Crippen LogP contribution in [0.25, 0.3) is 33.7 Å². The van der Waals surface area contributed by atoms with Crippen molar-refractivity contribution in [3.05, 3.63) is 82.9 Å². The Labute approximate surface area is 290 Å². The van der Waals surface area contributed by atoms with E-state index in [9.17, 15) is 0 Å². The summed E-state index contributed by atoms with van der Waals surface area (Å²) in [6, 6.07) is 23.8. The lowest BCUT2D eigenvalue weighted by Crippen LogP contribution is -1.89. The van der Waals surface area contributed by atoms with Crippen LogP contribution in [0.3, 0.4) is 0 Å². The van der Waals surface area contributed by atoms with E-state index >= 15 is 0 Å². The molecule has 0 nitrogen and oxygen atoms in total. The molecule has 0 unspecified atom stereocenters. The first kappa shape index (κ1) is 36.7. The molecule has 0 aliphatic carbocycles. The van der Waals surface area contributed by atoms with Crippen LogP contribution in [0.1, 0.15) is 139 Å². The minimum Gasteiger partial charge on any atom is -0.129 e. The van der Waals surface area contributed by atoms with E-state index in [-0.39, 0.29) is 0 Å². The second-order valence-corrected chi connectivity index (χ2v) is 15.0. The molecule has 0 heterocycles. The molecular formula is C44H60S2. The Morgan fingerprint density at radius 2 is 0.783 bits per heavy atom. The highest BCUT2D eigenvalue weighted by atomic mass is 32.2. The topological polar surface area (TPSA) is 0 Å². The molecule has 0 radical (unpaired) electrons. The largest absolute Gasteiger partial charge is 0.129 e. The molecule has 4 rings (SSSR count). The van der Waals surface area contributed by atoms with Crippen LogP contribution in [0.4, 0.5) is 0 Å². The van der Waals surface area contributed by atoms with Gasteiger partial charge >= 0.3 is 0 Å². The summed E-state index contributed by atoms with van der Waals surface area (Å²) in [7, 11) is 0. The normalized spacial score (nSPS) is 11.8. The van der Waals surface area contributed by atoms with Crippen molar-refractivity contribution >= 4 is 57.2 Å². The molecule has 0 saturated carbocycles. The molecule has 4 aromatic rings. The summed E-state index contributed by atoms with van der Waals surface area (Å²) in [4.78, 5) is 2.69. The Morgan fingerprint density at radius 3 is 1.15 bits per heavy atom. The standard InChI is InChI=1S/C44H60S2/c1-5-7-9-11-13-15-17-19-21-35-23-25-37-33-43(45-3)39(31-41(37)29-35)27-28-40-32-42-30-36(24-26-38(42)34-44(40)46-4)22-20-18-16-14-12-10-8-6-2/h23-34H,5-22H2,1-4H3/b28-27+. The summed E-state index contributed by atoms with van der Waals surface area (Å²) in [5.41, 5.74) is 5.60. The van der Waals surface area contributed by atoms with Crippen LogP contribution < -0.4 is 0 Å². The molecular weight excluding hydrogens is 593 g/mol. The third kappa shape index (κ3) is 11.8. The summed E-state index contributed by atoms with van der Waals surface area (Å²) < 4.78 is 0. The number of rotatable bonds is 22. The quantitative estimate of drug-likeness (QED) is 0.0471. The molecule has 0 amide bonds. The molecule has 248 valence electrons. The summed E-state index contributed by atoms with van der Waals surface area (Å²) in [5, 5.41) is 5.42. The summed E-state index contributed by atoms with van der Waals surface area (Å²) in [5.74, 6) is 0. The van der Waals surface area contributed by atoms with Gasteiger partial charge in [-0.05, 0) is 106 Å². The lowest BCUT2D eigenvalue weighted by molar-refractivity contribution is 0.575. The maximum atomic E-state index is 2.44. The summed E-state index contributed by atoms with van der Waals surface area (Å²) in [6.45, 7) is 4.59. The van der Waals surface area contributed by atoms with Gasteiger partial charge in [0.05, 0.1) is 0 Å². The van der Waals surface area contributed by atoms with Crippen molar-refractivity contribution in [3.8, 4) is 0 Å². The highest BCUT2D eigenvalue weighted by molar-refractivity contribution is 7.99. The molecule has 0 fully saturated rings. The van der Waals surface area contributed by atoms with Gasteiger partial charge in [-0.25, -0.2) is 0 Å². The third-order valence-electron chi connectivity index (χ3n) is 9.59. The second-order valence-electron chi connectivity index (χ2n) is 13.3. The highest BCUT2D eigenvalue weighted by Crippen LogP contribution is 2.32. The zero-order valence-electron chi connectivity index (χ0n) is 29.5. The molecule has 0 aliphatic heterocycles. The first-order valence-electron chi connectivity index (χ1n) is 18.5. The molecule has 0 N–H and O–H groups in total. The van der Waals surface area contributed by atoms with Gasteiger partial charge in [-0.1, -0.05) is 152 Å². The number of hydrogen-bond acceptors (Lipinski definition) is 2. The molecule has 0 aliphatic rings. The molecule has 0 atom stereocenters. The lowest BCUT2D eigenvalue weighted by Gasteiger charge is -2.11. The predicted molar refractivity (Wildman–Crippen MR) is 213 cm³/mol. The van der Waals surface area contributed by atoms with Crippen molar-refractivity contribution in [3.63, 3.8) is 0 Å². The van der Waals surface area contributed by atoms with Gasteiger partial charge in [0.2, 0.25) is 0 Å². The second kappa shape index (κ2) is 20.9. The molecule has 0 spiro atoms. The van der Waals surface area contributed by atoms with Crippen LogP contribution in [0.2, 0.25) is 0 Å². The lowest BCUT2D eigenvalue weighted by atomic mass is 9.99. The number of thioether (sulfide) groups is 2. The third-order valence-corrected chi connectivity index (χ3v) is 11.2. The van der Waals surface area contributed by atoms with Crippen LogP contribution in [0.15, 0.2) is 70.5 Å². The van der Waals surface area contributed by atoms with Crippen molar-refractivity contribution in [2.45, 2.75) is 139 Å². The van der Waals surface area contributed by atoms with E-state index in [1.165, 1.54) is 169 Å². The predicted octanol–water partition coefficient (Wildman–Crippen LogP) is 15.0. The van der Waals surface area contributed by atoms with E-state index in [0.717, 1.165) is 0 Å². The van der Waals surface area contributed by atoms with Crippen LogP contribution in [0, 0.1) is 0 Å². The highest BCUT2D eigenvalue weighted by Gasteiger charge is 2.07. The first-order valence-corrected chi connectivity index (χ1v) is 21.0. The Bertz CT molecular complexity index is 1380. The Morgan fingerprint density at radius 1 is 0.413 bits per heavy atom. The number of fused-ring (bicyclic) bond motifs is 2. The summed E-state index contributed by atoms with van der Waals surface area (Å²) in [6.07, 6.45) is 33.5. The fourth-order valence-corrected chi connectivity index (χ4v) is 7.93. The van der Waals surface area contributed by atoms with Crippen molar-refractivity contribution in [2.24, 2.45) is 0 Å². The molecule has 46 heavy (non-hydrogen) atoms. The minimum absolute atomic E-state index is 1.19. The maximum Gasteiger partial charge on any atom is 0.0148 e. The van der Waals surface area contributed by atoms with E-state index in [4.69, 9.17) is 0 Å². The Kier molecular flexibility index (Phi) is 16.7. The number of unbranched alkanes of at least 4 members (excludes halogenated alkanes) is 14. The van der Waals surface area contributed by atoms with E-state index < -0.39 is 0 Å². The van der Waals surface area contributed by atoms with Crippen molar-refractivity contribution < 1.29 is 0 Å². The van der Waals surface area contributed by atoms with Gasteiger partial charge in [-0.3, -0.25) is 0 Å². The zero-order chi connectivity index (χ0) is 32.4. The van der Waals surface area contributed by atoms with Crippen LogP contribution in [-0.4, -0.2) is 12.5 Å². The van der Waals surface area contributed by atoms with E-state index in [0.29, 0.717) is 0 Å². The van der Waals surface area contributed by atoms with Gasteiger partial charge < -0.3 is 0 Å². The maximum absolute atomic E-state index is 2.44. The SMILES string of the molecule is CCCCCCCCCCc1ccc2cc(SC)c(/C=C/c3cc4cc(CCCCCCCCCC)ccc4cc3SC)cc2c1. The van der Waals surface area contributed by atoms with E-state index in [1.807, 2.05) is 23.5 Å². The number of benzene rings is 4. The Balaban J connectivity index is 1.42. The monoisotopic (exact) mass is 652 g/mol. The average Bonchev–Trinajstić information content (AvgIpc) is 3.08. The van der Waals surface area contributed by atoms with Gasteiger partial charge in [0.25, 0.3) is 0 Å².